The summed E-state index contributed by atoms with van der Waals surface area (Å²) in [5, 5.41) is 0. The van der Waals surface area contributed by atoms with Crippen LogP contribution in [0.15, 0.2) is 12.1 Å². The van der Waals surface area contributed by atoms with Gasteiger partial charge in [-0.25, -0.2) is 13.1 Å². The number of hydrogen-bond acceptors (Lipinski definition) is 5. The lowest BCUT2D eigenvalue weighted by Crippen LogP contribution is -2.45. The average Bonchev–Trinajstić information content (AvgIpc) is 3.10. The molecule has 138 valence electrons. The summed E-state index contributed by atoms with van der Waals surface area (Å²) in [7, 11) is -3.53. The zero-order chi connectivity index (χ0) is 18.5. The fourth-order valence-corrected chi connectivity index (χ4v) is 7.26. The smallest absolute Gasteiger partial charge is 0.212 e. The minimum Gasteiger partial charge on any atom is -0.299 e. The van der Waals surface area contributed by atoms with Crippen molar-refractivity contribution >= 4 is 32.9 Å². The highest BCUT2D eigenvalue weighted by Gasteiger charge is 2.65. The summed E-state index contributed by atoms with van der Waals surface area (Å²) in [6.07, 6.45) is 2.68. The van der Waals surface area contributed by atoms with Crippen molar-refractivity contribution in [3.05, 3.63) is 21.9 Å². The van der Waals surface area contributed by atoms with E-state index < -0.39 is 15.4 Å². The molecule has 0 unspecified atom stereocenters. The summed E-state index contributed by atoms with van der Waals surface area (Å²) in [4.78, 5) is 25.5. The first-order chi connectivity index (χ1) is 11.6. The highest BCUT2D eigenvalue weighted by atomic mass is 32.2. The Morgan fingerprint density at radius 2 is 2.08 bits per heavy atom. The Labute approximate surface area is 153 Å². The molecule has 5 nitrogen and oxygen atoms in total. The highest BCUT2D eigenvalue weighted by molar-refractivity contribution is 7.89. The summed E-state index contributed by atoms with van der Waals surface area (Å²) < 4.78 is 27.8. The number of nitrogens with one attached hydrogen (secondary N) is 1. The van der Waals surface area contributed by atoms with E-state index in [0.29, 0.717) is 30.1 Å². The fourth-order valence-electron chi connectivity index (χ4n) is 4.51. The van der Waals surface area contributed by atoms with Crippen LogP contribution in [0, 0.1) is 16.7 Å². The van der Waals surface area contributed by atoms with Crippen LogP contribution in [0.5, 0.6) is 0 Å². The molecule has 1 N–H and O–H groups in total. The van der Waals surface area contributed by atoms with Crippen LogP contribution in [0.2, 0.25) is 0 Å². The second-order valence-corrected chi connectivity index (χ2v) is 10.9. The quantitative estimate of drug-likeness (QED) is 0.734. The molecule has 1 aromatic rings. The van der Waals surface area contributed by atoms with Gasteiger partial charge in [0.15, 0.2) is 5.78 Å². The highest BCUT2D eigenvalue weighted by Crippen LogP contribution is 2.64. The lowest BCUT2D eigenvalue weighted by molar-refractivity contribution is -0.128. The molecule has 2 fully saturated rings. The largest absolute Gasteiger partial charge is 0.299 e. The van der Waals surface area contributed by atoms with Gasteiger partial charge in [-0.3, -0.25) is 9.59 Å². The first-order valence-electron chi connectivity index (χ1n) is 8.68. The minimum atomic E-state index is -3.53. The van der Waals surface area contributed by atoms with E-state index in [2.05, 4.69) is 4.72 Å². The normalized spacial score (nSPS) is 27.8. The third-order valence-corrected chi connectivity index (χ3v) is 9.04. The number of Topliss-reactive ketones (excluding diaryl/α,β-unsaturated/α-hetero) is 2. The van der Waals surface area contributed by atoms with Gasteiger partial charge in [0.25, 0.3) is 0 Å². The molecule has 0 aromatic carbocycles. The lowest BCUT2D eigenvalue weighted by Gasteiger charge is -2.36. The van der Waals surface area contributed by atoms with Crippen LogP contribution in [0.1, 0.15) is 54.6 Å². The summed E-state index contributed by atoms with van der Waals surface area (Å²) in [6.45, 7) is 5.89. The SMILES string of the molecule is CC(=O)c1ccc(CCNS(=O)(=O)C[C@@]23CC[C@@H](CC2=O)C3(C)C)s1. The van der Waals surface area contributed by atoms with Gasteiger partial charge in [-0.15, -0.1) is 11.3 Å². The summed E-state index contributed by atoms with van der Waals surface area (Å²) in [5.41, 5.74) is -0.975. The Balaban J connectivity index is 1.62. The molecule has 7 heteroatoms. The second-order valence-electron chi connectivity index (χ2n) is 7.89. The van der Waals surface area contributed by atoms with Crippen molar-refractivity contribution in [2.75, 3.05) is 12.3 Å². The average molecular weight is 384 g/mol. The van der Waals surface area contributed by atoms with Crippen molar-refractivity contribution in [3.63, 3.8) is 0 Å². The summed E-state index contributed by atoms with van der Waals surface area (Å²) in [6, 6.07) is 3.63. The molecule has 0 radical (unpaired) electrons. The van der Waals surface area contributed by atoms with Crippen LogP contribution in [0.25, 0.3) is 0 Å². The zero-order valence-corrected chi connectivity index (χ0v) is 16.6. The van der Waals surface area contributed by atoms with E-state index in [1.165, 1.54) is 18.3 Å². The number of carbonyl (C=O) groups excluding carboxylic acids is 2. The number of thiophene rings is 1. The van der Waals surface area contributed by atoms with Gasteiger partial charge in [-0.1, -0.05) is 13.8 Å². The maximum absolute atomic E-state index is 12.6. The minimum absolute atomic E-state index is 0.0219. The van der Waals surface area contributed by atoms with Crippen LogP contribution in [0.4, 0.5) is 0 Å². The summed E-state index contributed by atoms with van der Waals surface area (Å²) >= 11 is 1.40. The Kier molecular flexibility index (Phi) is 4.71. The molecule has 2 aliphatic rings. The predicted octanol–water partition coefficient (Wildman–Crippen LogP) is 2.81. The number of fused-ring (bicyclic) bond motifs is 2. The van der Waals surface area contributed by atoms with E-state index in [0.717, 1.165) is 11.3 Å². The molecule has 2 bridgehead atoms. The van der Waals surface area contributed by atoms with Crippen LogP contribution < -0.4 is 4.72 Å². The maximum Gasteiger partial charge on any atom is 0.212 e. The first-order valence-corrected chi connectivity index (χ1v) is 11.1. The standard InChI is InChI=1S/C18H25NO4S2/c1-12(20)15-5-4-14(24-15)7-9-19-25(22,23)11-18-8-6-13(10-16(18)21)17(18,2)3/h4-5,13,19H,6-11H2,1-3H3/t13-,18-/m0/s1. The van der Waals surface area contributed by atoms with Crippen LogP contribution in [-0.2, 0) is 21.2 Å². The van der Waals surface area contributed by atoms with Crippen molar-refractivity contribution < 1.29 is 18.0 Å². The molecule has 0 aliphatic heterocycles. The fraction of sp³-hybridized carbons (Fsp3) is 0.667. The maximum atomic E-state index is 12.6. The monoisotopic (exact) mass is 383 g/mol. The molecule has 1 heterocycles. The molecule has 25 heavy (non-hydrogen) atoms. The molecule has 0 saturated heterocycles. The molecular formula is C18H25NO4S2. The Morgan fingerprint density at radius 1 is 1.36 bits per heavy atom. The molecule has 2 aliphatic carbocycles. The molecule has 0 spiro atoms. The topological polar surface area (TPSA) is 80.3 Å². The van der Waals surface area contributed by atoms with E-state index in [-0.39, 0.29) is 29.3 Å². The molecule has 2 saturated carbocycles. The van der Waals surface area contributed by atoms with E-state index in [4.69, 9.17) is 0 Å². The Hall–Kier alpha value is -1.05. The molecule has 1 aromatic heterocycles. The summed E-state index contributed by atoms with van der Waals surface area (Å²) in [5.74, 6) is 0.342. The Bertz CT molecular complexity index is 809. The third kappa shape index (κ3) is 3.22. The third-order valence-electron chi connectivity index (χ3n) is 6.28. The van der Waals surface area contributed by atoms with E-state index in [1.807, 2.05) is 19.9 Å². The van der Waals surface area contributed by atoms with Crippen LogP contribution in [-0.4, -0.2) is 32.3 Å². The zero-order valence-electron chi connectivity index (χ0n) is 14.9. The van der Waals surface area contributed by atoms with Crippen molar-refractivity contribution in [2.45, 2.75) is 46.5 Å². The van der Waals surface area contributed by atoms with Gasteiger partial charge in [0, 0.05) is 23.3 Å². The predicted molar refractivity (Wildman–Crippen MR) is 98.4 cm³/mol. The van der Waals surface area contributed by atoms with Gasteiger partial charge in [0.1, 0.15) is 5.78 Å². The number of sulfonamides is 1. The number of ketones is 2. The number of carbonyl (C=O) groups is 2. The van der Waals surface area contributed by atoms with Crippen molar-refractivity contribution in [1.82, 2.24) is 4.72 Å². The first kappa shape index (κ1) is 18.7. The van der Waals surface area contributed by atoms with Crippen molar-refractivity contribution in [3.8, 4) is 0 Å². The van der Waals surface area contributed by atoms with Crippen LogP contribution in [0.3, 0.4) is 0 Å². The van der Waals surface area contributed by atoms with Gasteiger partial charge < -0.3 is 0 Å². The van der Waals surface area contributed by atoms with Gasteiger partial charge in [-0.2, -0.15) is 0 Å². The van der Waals surface area contributed by atoms with Crippen molar-refractivity contribution in [2.24, 2.45) is 16.7 Å². The molecule has 3 rings (SSSR count). The molecule has 2 atom stereocenters. The molecular weight excluding hydrogens is 358 g/mol. The van der Waals surface area contributed by atoms with Crippen LogP contribution >= 0.6 is 11.3 Å². The van der Waals surface area contributed by atoms with Gasteiger partial charge >= 0.3 is 0 Å². The van der Waals surface area contributed by atoms with E-state index in [9.17, 15) is 18.0 Å². The number of hydrogen-bond donors (Lipinski definition) is 1. The van der Waals surface area contributed by atoms with E-state index in [1.54, 1.807) is 6.07 Å². The van der Waals surface area contributed by atoms with Gasteiger partial charge in [0.2, 0.25) is 10.0 Å². The van der Waals surface area contributed by atoms with Gasteiger partial charge in [-0.05, 0) is 49.7 Å². The lowest BCUT2D eigenvalue weighted by atomic mass is 9.70. The van der Waals surface area contributed by atoms with Crippen molar-refractivity contribution in [1.29, 1.82) is 0 Å². The second kappa shape index (κ2) is 6.28. The van der Waals surface area contributed by atoms with E-state index >= 15 is 0 Å². The Morgan fingerprint density at radius 3 is 2.60 bits per heavy atom. The number of rotatable bonds is 7. The molecule has 0 amide bonds. The van der Waals surface area contributed by atoms with Gasteiger partial charge in [0.05, 0.1) is 10.6 Å².